The lowest BCUT2D eigenvalue weighted by Gasteiger charge is -2.31. The van der Waals surface area contributed by atoms with Crippen LogP contribution in [-0.4, -0.2) is 29.3 Å². The number of piperidine rings is 1. The van der Waals surface area contributed by atoms with Gasteiger partial charge >= 0.3 is 0 Å². The number of carbonyl (C=O) groups excluding carboxylic acids is 1. The zero-order chi connectivity index (χ0) is 15.2. The summed E-state index contributed by atoms with van der Waals surface area (Å²) in [5.74, 6) is 0.854. The molecule has 1 aliphatic rings. The molecule has 1 aromatic rings. The van der Waals surface area contributed by atoms with Crippen LogP contribution in [0.25, 0.3) is 0 Å². The second-order valence-corrected chi connectivity index (χ2v) is 5.70. The molecule has 0 aliphatic carbocycles. The van der Waals surface area contributed by atoms with Crippen molar-refractivity contribution in [3.63, 3.8) is 0 Å². The molecule has 5 nitrogen and oxygen atoms in total. The van der Waals surface area contributed by atoms with E-state index < -0.39 is 0 Å². The maximum absolute atomic E-state index is 10.8. The van der Waals surface area contributed by atoms with Crippen LogP contribution in [0.15, 0.2) is 0 Å². The number of hydrogen-bond acceptors (Lipinski definition) is 5. The molecule has 6 heteroatoms. The molecular formula is C15H19ClN4O. The van der Waals surface area contributed by atoms with Crippen LogP contribution in [0.2, 0.25) is 5.15 Å². The number of aromatic nitrogens is 2. The molecule has 0 bridgehead atoms. The van der Waals surface area contributed by atoms with E-state index in [0.717, 1.165) is 56.4 Å². The molecule has 0 spiro atoms. The average molecular weight is 307 g/mol. The fourth-order valence-corrected chi connectivity index (χ4v) is 2.83. The van der Waals surface area contributed by atoms with Gasteiger partial charge < -0.3 is 9.69 Å². The van der Waals surface area contributed by atoms with E-state index in [9.17, 15) is 4.79 Å². The van der Waals surface area contributed by atoms with E-state index in [0.29, 0.717) is 17.4 Å². The average Bonchev–Trinajstić information content (AvgIpc) is 2.50. The smallest absolute Gasteiger partial charge is 0.171 e. The minimum Gasteiger partial charge on any atom is -0.354 e. The van der Waals surface area contributed by atoms with Crippen LogP contribution in [0.5, 0.6) is 0 Å². The normalized spacial score (nSPS) is 15.8. The van der Waals surface area contributed by atoms with Crippen LogP contribution in [0.1, 0.15) is 37.1 Å². The van der Waals surface area contributed by atoms with Crippen molar-refractivity contribution in [1.29, 1.82) is 5.26 Å². The highest BCUT2D eigenvalue weighted by atomic mass is 35.5. The Morgan fingerprint density at radius 2 is 2.14 bits per heavy atom. The molecule has 1 fully saturated rings. The minimum atomic E-state index is 0.147. The summed E-state index contributed by atoms with van der Waals surface area (Å²) in [6, 6.07) is 2.14. The van der Waals surface area contributed by atoms with Crippen molar-refractivity contribution < 1.29 is 4.79 Å². The Bertz CT molecular complexity index is 547. The van der Waals surface area contributed by atoms with Gasteiger partial charge in [0.05, 0.1) is 17.5 Å². The molecule has 0 N–H and O–H groups in total. The molecule has 0 amide bonds. The number of carbonyl (C=O) groups is 1. The third kappa shape index (κ3) is 3.92. The predicted molar refractivity (Wildman–Crippen MR) is 81.3 cm³/mol. The lowest BCUT2D eigenvalue weighted by Crippen LogP contribution is -2.35. The van der Waals surface area contributed by atoms with Gasteiger partial charge in [-0.15, -0.1) is 0 Å². The third-order valence-electron chi connectivity index (χ3n) is 3.84. The number of nitrogens with zero attached hydrogens (tertiary/aromatic N) is 4. The van der Waals surface area contributed by atoms with Crippen molar-refractivity contribution >= 4 is 23.7 Å². The van der Waals surface area contributed by atoms with Crippen LogP contribution in [0.3, 0.4) is 0 Å². The molecule has 0 atom stereocenters. The fourth-order valence-electron chi connectivity index (χ4n) is 2.54. The van der Waals surface area contributed by atoms with E-state index in [-0.39, 0.29) is 5.92 Å². The molecule has 1 aliphatic heterocycles. The van der Waals surface area contributed by atoms with Crippen LogP contribution < -0.4 is 4.90 Å². The van der Waals surface area contributed by atoms with Gasteiger partial charge in [0.25, 0.3) is 0 Å². The molecule has 2 heterocycles. The highest BCUT2D eigenvalue weighted by Gasteiger charge is 2.22. The number of halogens is 1. The molecule has 0 aromatic carbocycles. The maximum Gasteiger partial charge on any atom is 0.171 e. The van der Waals surface area contributed by atoms with Crippen LogP contribution in [0.4, 0.5) is 5.82 Å². The lowest BCUT2D eigenvalue weighted by atomic mass is 9.99. The van der Waals surface area contributed by atoms with Gasteiger partial charge in [0, 0.05) is 25.4 Å². The fraction of sp³-hybridized carbons (Fsp3) is 0.600. The second-order valence-electron chi connectivity index (χ2n) is 5.34. The van der Waals surface area contributed by atoms with E-state index in [4.69, 9.17) is 16.9 Å². The van der Waals surface area contributed by atoms with Crippen molar-refractivity contribution in [2.75, 3.05) is 18.0 Å². The second kappa shape index (κ2) is 7.37. The molecule has 1 saturated heterocycles. The summed E-state index contributed by atoms with van der Waals surface area (Å²) in [7, 11) is 0. The first-order chi connectivity index (χ1) is 10.2. The summed E-state index contributed by atoms with van der Waals surface area (Å²) < 4.78 is 0. The van der Waals surface area contributed by atoms with Crippen molar-refractivity contribution in [2.45, 2.75) is 39.0 Å². The van der Waals surface area contributed by atoms with Crippen molar-refractivity contribution in [3.8, 4) is 6.07 Å². The third-order valence-corrected chi connectivity index (χ3v) is 4.10. The van der Waals surface area contributed by atoms with Gasteiger partial charge in [-0.3, -0.25) is 0 Å². The monoisotopic (exact) mass is 306 g/mol. The lowest BCUT2D eigenvalue weighted by molar-refractivity contribution is -0.111. The van der Waals surface area contributed by atoms with Gasteiger partial charge in [-0.25, -0.2) is 9.97 Å². The van der Waals surface area contributed by atoms with E-state index in [2.05, 4.69) is 20.9 Å². The summed E-state index contributed by atoms with van der Waals surface area (Å²) in [4.78, 5) is 21.9. The quantitative estimate of drug-likeness (QED) is 0.618. The van der Waals surface area contributed by atoms with E-state index in [1.54, 1.807) is 0 Å². The molecular weight excluding hydrogens is 288 g/mol. The Morgan fingerprint density at radius 1 is 1.43 bits per heavy atom. The van der Waals surface area contributed by atoms with Crippen LogP contribution >= 0.6 is 11.6 Å². The summed E-state index contributed by atoms with van der Waals surface area (Å²) in [5.41, 5.74) is 1.73. The highest BCUT2D eigenvalue weighted by Crippen LogP contribution is 2.27. The molecule has 0 saturated carbocycles. The Morgan fingerprint density at radius 3 is 2.76 bits per heavy atom. The van der Waals surface area contributed by atoms with Gasteiger partial charge in [-0.2, -0.15) is 5.26 Å². The van der Waals surface area contributed by atoms with Gasteiger partial charge in [0.1, 0.15) is 6.29 Å². The molecule has 21 heavy (non-hydrogen) atoms. The minimum absolute atomic E-state index is 0.147. The van der Waals surface area contributed by atoms with Gasteiger partial charge in [-0.05, 0) is 32.6 Å². The Hall–Kier alpha value is -1.67. The molecule has 0 unspecified atom stereocenters. The molecule has 2 rings (SSSR count). The van der Waals surface area contributed by atoms with Crippen molar-refractivity contribution in [2.24, 2.45) is 5.92 Å². The Kier molecular flexibility index (Phi) is 5.51. The first-order valence-corrected chi connectivity index (χ1v) is 7.63. The summed E-state index contributed by atoms with van der Waals surface area (Å²) in [6.45, 7) is 3.44. The summed E-state index contributed by atoms with van der Waals surface area (Å²) in [5, 5.41) is 9.04. The number of aldehydes is 1. The van der Waals surface area contributed by atoms with Gasteiger partial charge in [-0.1, -0.05) is 11.6 Å². The van der Waals surface area contributed by atoms with Crippen LogP contribution in [-0.2, 0) is 11.2 Å². The molecule has 1 aromatic heterocycles. The van der Waals surface area contributed by atoms with Crippen molar-refractivity contribution in [1.82, 2.24) is 9.97 Å². The summed E-state index contributed by atoms with van der Waals surface area (Å²) in [6.07, 6.45) is 4.73. The predicted octanol–water partition coefficient (Wildman–Crippen LogP) is 2.70. The number of anilines is 1. The maximum atomic E-state index is 10.8. The number of rotatable bonds is 5. The van der Waals surface area contributed by atoms with Gasteiger partial charge in [0.2, 0.25) is 0 Å². The van der Waals surface area contributed by atoms with E-state index in [1.165, 1.54) is 0 Å². The summed E-state index contributed by atoms with van der Waals surface area (Å²) >= 11 is 6.23. The number of nitriles is 1. The largest absolute Gasteiger partial charge is 0.354 e. The first kappa shape index (κ1) is 15.7. The van der Waals surface area contributed by atoms with E-state index in [1.807, 2.05) is 6.92 Å². The zero-order valence-corrected chi connectivity index (χ0v) is 12.9. The Labute approximate surface area is 129 Å². The number of hydrogen-bond donors (Lipinski definition) is 0. The first-order valence-electron chi connectivity index (χ1n) is 7.26. The SMILES string of the molecule is Cc1nc(Cl)c(N2CCC(C=O)CC2)nc1CCCC#N. The van der Waals surface area contributed by atoms with Gasteiger partial charge in [0.15, 0.2) is 11.0 Å². The molecule has 112 valence electrons. The molecule has 0 radical (unpaired) electrons. The van der Waals surface area contributed by atoms with Crippen LogP contribution in [0, 0.1) is 24.2 Å². The van der Waals surface area contributed by atoms with Crippen molar-refractivity contribution in [3.05, 3.63) is 16.5 Å². The topological polar surface area (TPSA) is 69.9 Å². The Balaban J connectivity index is 2.13. The number of aryl methyl sites for hydroxylation is 2. The standard InChI is InChI=1S/C15H19ClN4O/c1-11-13(4-2-3-7-17)19-15(14(16)18-11)20-8-5-12(10-21)6-9-20/h10,12H,2-6,8-9H2,1H3. The van der Waals surface area contributed by atoms with E-state index >= 15 is 0 Å². The highest BCUT2D eigenvalue weighted by molar-refractivity contribution is 6.31. The zero-order valence-electron chi connectivity index (χ0n) is 12.2. The number of unbranched alkanes of at least 4 members (excludes halogenated alkanes) is 1.